The Bertz CT molecular complexity index is 245. The first-order valence-electron chi connectivity index (χ1n) is 2.52. The van der Waals surface area contributed by atoms with Crippen LogP contribution in [0.4, 0.5) is 0 Å². The van der Waals surface area contributed by atoms with Gasteiger partial charge in [0.05, 0.1) is 5.57 Å². The summed E-state index contributed by atoms with van der Waals surface area (Å²) in [5, 5.41) is 15.8. The van der Waals surface area contributed by atoms with Gasteiger partial charge in [0.2, 0.25) is 0 Å². The number of carboxylic acid groups (broad SMARTS) is 2. The molecule has 0 unspecified atom stereocenters. The minimum atomic E-state index is -1.58. The van der Waals surface area contributed by atoms with Gasteiger partial charge in [-0.15, -0.1) is 0 Å². The molecule has 0 aromatic carbocycles. The summed E-state index contributed by atoms with van der Waals surface area (Å²) in [6.45, 7) is 0. The lowest BCUT2D eigenvalue weighted by molar-refractivity contribution is -0.135. The quantitative estimate of drug-likeness (QED) is 0.571. The minimum absolute atomic E-state index is 0.743. The van der Waals surface area contributed by atoms with E-state index < -0.39 is 27.4 Å². The zero-order valence-corrected chi connectivity index (χ0v) is 7.69. The van der Waals surface area contributed by atoms with Crippen LogP contribution in [-0.2, 0) is 9.59 Å². The maximum atomic E-state index is 10.3. The van der Waals surface area contributed by atoms with Crippen molar-refractivity contribution in [2.24, 2.45) is 0 Å². The maximum Gasteiger partial charge on any atom is 0.347 e. The Morgan fingerprint density at radius 3 is 1.58 bits per heavy atom. The number of hydrogen-bond acceptors (Lipinski definition) is 2. The zero-order chi connectivity index (χ0) is 9.89. The highest BCUT2D eigenvalue weighted by atomic mass is 35.5. The molecule has 0 aromatic heterocycles. The lowest BCUT2D eigenvalue weighted by Crippen LogP contribution is -2.13. The topological polar surface area (TPSA) is 74.6 Å². The number of carboxylic acids is 2. The van der Waals surface area contributed by atoms with Crippen molar-refractivity contribution in [1.82, 2.24) is 0 Å². The molecule has 0 heterocycles. The summed E-state index contributed by atoms with van der Waals surface area (Å²) in [6, 6.07) is 0. The van der Waals surface area contributed by atoms with Gasteiger partial charge in [0.1, 0.15) is 9.87 Å². The van der Waals surface area contributed by atoms with Gasteiger partial charge in [0.15, 0.2) is 0 Å². The summed E-state index contributed by atoms with van der Waals surface area (Å²) in [6.07, 6.45) is 0. The van der Waals surface area contributed by atoms with Gasteiger partial charge in [0, 0.05) is 0 Å². The first-order chi connectivity index (χ1) is 5.37. The first-order valence-corrected chi connectivity index (χ1v) is 3.77. The molecule has 0 saturated heterocycles. The Balaban J connectivity index is 5.08. The van der Waals surface area contributed by atoms with E-state index in [-0.39, 0.29) is 0 Å². The van der Waals surface area contributed by atoms with Gasteiger partial charge in [-0.25, -0.2) is 9.59 Å². The molecular formula is C5H3Cl3O4. The van der Waals surface area contributed by atoms with E-state index >= 15 is 0 Å². The molecule has 0 fully saturated rings. The van der Waals surface area contributed by atoms with E-state index in [1.165, 1.54) is 0 Å². The third-order valence-corrected chi connectivity index (χ3v) is 1.67. The van der Waals surface area contributed by atoms with Crippen LogP contribution in [0.5, 0.6) is 0 Å². The highest BCUT2D eigenvalue weighted by molar-refractivity contribution is 6.51. The molecule has 0 atom stereocenters. The maximum absolute atomic E-state index is 10.3. The van der Waals surface area contributed by atoms with Crippen LogP contribution in [0.2, 0.25) is 0 Å². The van der Waals surface area contributed by atoms with E-state index in [9.17, 15) is 9.59 Å². The molecule has 0 aliphatic carbocycles. The van der Waals surface area contributed by atoms with Crippen molar-refractivity contribution in [2.75, 3.05) is 0 Å². The fourth-order valence-electron chi connectivity index (χ4n) is 0.398. The van der Waals surface area contributed by atoms with Gasteiger partial charge < -0.3 is 10.2 Å². The number of halogens is 3. The van der Waals surface area contributed by atoms with E-state index in [1.807, 2.05) is 0 Å². The number of hydrogen-bond donors (Lipinski definition) is 2. The second-order valence-corrected chi connectivity index (χ2v) is 3.11. The Hall–Kier alpha value is -0.450. The first kappa shape index (κ1) is 11.6. The summed E-state index contributed by atoms with van der Waals surface area (Å²) in [7, 11) is 0. The zero-order valence-electron chi connectivity index (χ0n) is 5.42. The van der Waals surface area contributed by atoms with Crippen LogP contribution in [0.1, 0.15) is 0 Å². The third-order valence-electron chi connectivity index (χ3n) is 0.873. The summed E-state index contributed by atoms with van der Waals surface area (Å²) in [5.41, 5.74) is -0.743. The van der Waals surface area contributed by atoms with Crippen molar-refractivity contribution in [1.29, 1.82) is 0 Å². The van der Waals surface area contributed by atoms with Crippen LogP contribution >= 0.6 is 34.8 Å². The van der Waals surface area contributed by atoms with Crippen LogP contribution in [-0.4, -0.2) is 27.0 Å². The smallest absolute Gasteiger partial charge is 0.347 e. The monoisotopic (exact) mass is 232 g/mol. The average molecular weight is 233 g/mol. The van der Waals surface area contributed by atoms with E-state index in [0.717, 1.165) is 0 Å². The number of rotatable bonds is 3. The molecular weight excluding hydrogens is 230 g/mol. The number of aliphatic carboxylic acids is 2. The SMILES string of the molecule is O=C(O)/C(Cl)=C(\C(=O)O)C(Cl)Cl. The molecule has 0 aliphatic rings. The molecule has 0 aliphatic heterocycles. The molecule has 0 spiro atoms. The second kappa shape index (κ2) is 4.54. The predicted octanol–water partition coefficient (Wildman–Crippen LogP) is 1.45. The van der Waals surface area contributed by atoms with Crippen molar-refractivity contribution < 1.29 is 19.8 Å². The molecule has 0 radical (unpaired) electrons. The fraction of sp³-hybridized carbons (Fsp3) is 0.200. The van der Waals surface area contributed by atoms with E-state index in [0.29, 0.717) is 0 Å². The van der Waals surface area contributed by atoms with Gasteiger partial charge >= 0.3 is 11.9 Å². The molecule has 68 valence electrons. The van der Waals surface area contributed by atoms with Gasteiger partial charge in [-0.1, -0.05) is 34.8 Å². The summed E-state index contributed by atoms with van der Waals surface area (Å²) in [5.74, 6) is -3.14. The predicted molar refractivity (Wildman–Crippen MR) is 43.6 cm³/mol. The van der Waals surface area contributed by atoms with E-state index in [4.69, 9.17) is 45.0 Å². The van der Waals surface area contributed by atoms with Crippen molar-refractivity contribution in [3.63, 3.8) is 0 Å². The molecule has 0 amide bonds. The van der Waals surface area contributed by atoms with Gasteiger partial charge in [-0.3, -0.25) is 0 Å². The van der Waals surface area contributed by atoms with Crippen molar-refractivity contribution in [3.8, 4) is 0 Å². The van der Waals surface area contributed by atoms with Crippen LogP contribution in [0.3, 0.4) is 0 Å². The molecule has 0 rings (SSSR count). The molecule has 12 heavy (non-hydrogen) atoms. The highest BCUT2D eigenvalue weighted by Gasteiger charge is 2.23. The van der Waals surface area contributed by atoms with E-state index in [1.54, 1.807) is 0 Å². The standard InChI is InChI=1S/C5H3Cl3O4/c6-2(5(11)12)1(3(7)8)4(9)10/h3H,(H,9,10)(H,11,12)/b2-1+. The molecule has 4 nitrogen and oxygen atoms in total. The molecule has 7 heteroatoms. The van der Waals surface area contributed by atoms with Crippen molar-refractivity contribution >= 4 is 46.7 Å². The van der Waals surface area contributed by atoms with Crippen LogP contribution in [0.15, 0.2) is 10.6 Å². The third kappa shape index (κ3) is 2.89. The van der Waals surface area contributed by atoms with E-state index in [2.05, 4.69) is 0 Å². The largest absolute Gasteiger partial charge is 0.478 e. The van der Waals surface area contributed by atoms with Gasteiger partial charge in [-0.05, 0) is 0 Å². The molecule has 0 aromatic rings. The van der Waals surface area contributed by atoms with Crippen molar-refractivity contribution in [2.45, 2.75) is 4.84 Å². The lowest BCUT2D eigenvalue weighted by Gasteiger charge is -2.02. The normalized spacial score (nSPS) is 12.7. The Kier molecular flexibility index (Phi) is 4.37. The average Bonchev–Trinajstić information content (AvgIpc) is 1.85. The van der Waals surface area contributed by atoms with Crippen molar-refractivity contribution in [3.05, 3.63) is 10.6 Å². The Morgan fingerprint density at radius 1 is 1.08 bits per heavy atom. The second-order valence-electron chi connectivity index (χ2n) is 1.64. The van der Waals surface area contributed by atoms with Crippen LogP contribution < -0.4 is 0 Å². The van der Waals surface area contributed by atoms with Crippen LogP contribution in [0.25, 0.3) is 0 Å². The molecule has 2 N–H and O–H groups in total. The van der Waals surface area contributed by atoms with Crippen LogP contribution in [0, 0.1) is 0 Å². The summed E-state index contributed by atoms with van der Waals surface area (Å²) < 4.78 is 0. The fourth-order valence-corrected chi connectivity index (χ4v) is 1.10. The summed E-state index contributed by atoms with van der Waals surface area (Å²) >= 11 is 15.4. The Morgan fingerprint density at radius 2 is 1.50 bits per heavy atom. The Labute approximate surface area is 82.3 Å². The summed E-state index contributed by atoms with van der Waals surface area (Å²) in [4.78, 5) is 19.0. The van der Waals surface area contributed by atoms with Gasteiger partial charge in [-0.2, -0.15) is 0 Å². The number of carbonyl (C=O) groups is 2. The minimum Gasteiger partial charge on any atom is -0.478 e. The lowest BCUT2D eigenvalue weighted by atomic mass is 10.3. The van der Waals surface area contributed by atoms with Gasteiger partial charge in [0.25, 0.3) is 0 Å². The molecule has 0 bridgehead atoms. The molecule has 0 saturated carbocycles. The highest BCUT2D eigenvalue weighted by Crippen LogP contribution is 2.21. The number of alkyl halides is 2.